The molecule has 1 aromatic rings. The lowest BCUT2D eigenvalue weighted by Crippen LogP contribution is -2.51. The van der Waals surface area contributed by atoms with Crippen LogP contribution in [-0.4, -0.2) is 57.7 Å². The first kappa shape index (κ1) is 22.2. The van der Waals surface area contributed by atoms with Crippen molar-refractivity contribution in [2.24, 2.45) is 4.99 Å². The minimum absolute atomic E-state index is 0. The molecule has 7 nitrogen and oxygen atoms in total. The SMILES string of the molecule is C=CC(=O)N1CCN(C(=N/C=C\C)C(=C)Nc2cnc(C(F)(F)CC)nc2)CC1.[HH]. The quantitative estimate of drug-likeness (QED) is 0.427. The Hall–Kier alpha value is -3.10. The Bertz CT molecular complexity index is 802. The summed E-state index contributed by atoms with van der Waals surface area (Å²) in [5, 5.41) is 3.02. The van der Waals surface area contributed by atoms with Gasteiger partial charge in [0.15, 0.2) is 11.7 Å². The highest BCUT2D eigenvalue weighted by Gasteiger charge is 2.32. The van der Waals surface area contributed by atoms with Crippen molar-refractivity contribution in [2.75, 3.05) is 31.5 Å². The number of alkyl halides is 2. The normalized spacial score (nSPS) is 15.5. The fourth-order valence-corrected chi connectivity index (χ4v) is 2.73. The van der Waals surface area contributed by atoms with Gasteiger partial charge in [-0.05, 0) is 13.0 Å². The Morgan fingerprint density at radius 3 is 2.41 bits per heavy atom. The molecule has 1 saturated heterocycles. The summed E-state index contributed by atoms with van der Waals surface area (Å²) < 4.78 is 27.3. The minimum atomic E-state index is -3.06. The smallest absolute Gasteiger partial charge is 0.306 e. The second-order valence-electron chi connectivity index (χ2n) is 6.41. The molecular weight excluding hydrogens is 378 g/mol. The number of carbonyl (C=O) groups excluding carboxylic acids is 1. The highest BCUT2D eigenvalue weighted by atomic mass is 19.3. The van der Waals surface area contributed by atoms with Crippen LogP contribution in [-0.2, 0) is 10.7 Å². The molecule has 0 unspecified atom stereocenters. The molecule has 2 heterocycles. The predicted octanol–water partition coefficient (Wildman–Crippen LogP) is 3.41. The first-order chi connectivity index (χ1) is 13.8. The van der Waals surface area contributed by atoms with Crippen molar-refractivity contribution in [3.63, 3.8) is 0 Å². The van der Waals surface area contributed by atoms with E-state index in [1.807, 2.05) is 11.8 Å². The van der Waals surface area contributed by atoms with Crippen molar-refractivity contribution >= 4 is 17.4 Å². The third kappa shape index (κ3) is 5.69. The zero-order chi connectivity index (χ0) is 21.4. The van der Waals surface area contributed by atoms with Crippen molar-refractivity contribution in [3.05, 3.63) is 55.4 Å². The van der Waals surface area contributed by atoms with Gasteiger partial charge in [0.05, 0.1) is 23.8 Å². The van der Waals surface area contributed by atoms with E-state index in [1.54, 1.807) is 17.2 Å². The maximum atomic E-state index is 13.7. The van der Waals surface area contributed by atoms with E-state index in [2.05, 4.69) is 33.4 Å². The fraction of sp³-hybridized carbons (Fsp3) is 0.400. The van der Waals surface area contributed by atoms with Gasteiger partial charge in [-0.3, -0.25) is 4.79 Å². The third-order valence-electron chi connectivity index (χ3n) is 4.40. The largest absolute Gasteiger partial charge is 0.351 e. The van der Waals surface area contributed by atoms with Crippen LogP contribution in [0.3, 0.4) is 0 Å². The molecule has 1 amide bonds. The topological polar surface area (TPSA) is 73.7 Å². The lowest BCUT2D eigenvalue weighted by Gasteiger charge is -2.36. The molecule has 0 atom stereocenters. The van der Waals surface area contributed by atoms with Crippen LogP contribution >= 0.6 is 0 Å². The number of piperazine rings is 1. The van der Waals surface area contributed by atoms with E-state index < -0.39 is 11.7 Å². The Balaban J connectivity index is 0.00000450. The number of halogens is 2. The van der Waals surface area contributed by atoms with Crippen LogP contribution < -0.4 is 5.32 Å². The van der Waals surface area contributed by atoms with Crippen LogP contribution in [0.1, 0.15) is 27.5 Å². The molecule has 9 heteroatoms. The molecular formula is C20H28F2N6O. The molecule has 0 radical (unpaired) electrons. The maximum Gasteiger partial charge on any atom is 0.306 e. The summed E-state index contributed by atoms with van der Waals surface area (Å²) in [4.78, 5) is 27.4. The van der Waals surface area contributed by atoms with Gasteiger partial charge in [0.25, 0.3) is 0 Å². The van der Waals surface area contributed by atoms with Gasteiger partial charge in [-0.25, -0.2) is 15.0 Å². The van der Waals surface area contributed by atoms with Gasteiger partial charge in [0.2, 0.25) is 5.91 Å². The molecule has 0 saturated carbocycles. The van der Waals surface area contributed by atoms with E-state index in [1.165, 1.54) is 25.4 Å². The number of allylic oxidation sites excluding steroid dienone is 1. The summed E-state index contributed by atoms with van der Waals surface area (Å²) in [5.74, 6) is -3.08. The summed E-state index contributed by atoms with van der Waals surface area (Å²) in [7, 11) is 0. The lowest BCUT2D eigenvalue weighted by molar-refractivity contribution is -0.127. The molecule has 1 fully saturated rings. The third-order valence-corrected chi connectivity index (χ3v) is 4.40. The predicted molar refractivity (Wildman–Crippen MR) is 112 cm³/mol. The second kappa shape index (κ2) is 9.90. The van der Waals surface area contributed by atoms with Crippen molar-refractivity contribution in [2.45, 2.75) is 26.2 Å². The number of hydrogen-bond donors (Lipinski definition) is 1. The maximum absolute atomic E-state index is 13.7. The highest BCUT2D eigenvalue weighted by Crippen LogP contribution is 2.28. The summed E-state index contributed by atoms with van der Waals surface area (Å²) in [6, 6.07) is 0. The first-order valence-electron chi connectivity index (χ1n) is 9.34. The van der Waals surface area contributed by atoms with E-state index in [9.17, 15) is 13.6 Å². The molecule has 0 aliphatic carbocycles. The number of carbonyl (C=O) groups is 1. The van der Waals surface area contributed by atoms with Gasteiger partial charge >= 0.3 is 5.92 Å². The number of aliphatic imine (C=N–C) groups is 1. The monoisotopic (exact) mass is 406 g/mol. The highest BCUT2D eigenvalue weighted by molar-refractivity contribution is 6.00. The van der Waals surface area contributed by atoms with Crippen LogP contribution in [0.25, 0.3) is 0 Å². The molecule has 1 aliphatic heterocycles. The zero-order valence-electron chi connectivity index (χ0n) is 16.7. The lowest BCUT2D eigenvalue weighted by atomic mass is 10.2. The number of rotatable bonds is 7. The van der Waals surface area contributed by atoms with Crippen molar-refractivity contribution < 1.29 is 15.0 Å². The van der Waals surface area contributed by atoms with Crippen molar-refractivity contribution in [1.82, 2.24) is 19.8 Å². The van der Waals surface area contributed by atoms with Gasteiger partial charge in [0, 0.05) is 40.2 Å². The van der Waals surface area contributed by atoms with E-state index in [4.69, 9.17) is 0 Å². The molecule has 1 aliphatic rings. The summed E-state index contributed by atoms with van der Waals surface area (Å²) >= 11 is 0. The Kier molecular flexibility index (Phi) is 7.58. The van der Waals surface area contributed by atoms with E-state index in [0.29, 0.717) is 43.4 Å². The first-order valence-corrected chi connectivity index (χ1v) is 9.34. The van der Waals surface area contributed by atoms with Crippen LogP contribution in [0, 0.1) is 0 Å². The summed E-state index contributed by atoms with van der Waals surface area (Å²) in [6.45, 7) is 13.0. The van der Waals surface area contributed by atoms with Crippen molar-refractivity contribution in [3.8, 4) is 0 Å². The van der Waals surface area contributed by atoms with Crippen LogP contribution in [0.5, 0.6) is 0 Å². The molecule has 0 bridgehead atoms. The minimum Gasteiger partial charge on any atom is -0.351 e. The Labute approximate surface area is 171 Å². The summed E-state index contributed by atoms with van der Waals surface area (Å²) in [5.41, 5.74) is 0.907. The number of anilines is 1. The van der Waals surface area contributed by atoms with Gasteiger partial charge in [-0.15, -0.1) is 0 Å². The number of nitrogens with zero attached hydrogens (tertiary/aromatic N) is 5. The van der Waals surface area contributed by atoms with Crippen LogP contribution in [0.15, 0.2) is 54.6 Å². The Morgan fingerprint density at radius 1 is 1.31 bits per heavy atom. The Morgan fingerprint density at radius 2 is 1.90 bits per heavy atom. The molecule has 1 aromatic heterocycles. The summed E-state index contributed by atoms with van der Waals surface area (Å²) in [6.07, 6.45) is 6.96. The molecule has 158 valence electrons. The second-order valence-corrected chi connectivity index (χ2v) is 6.41. The number of amides is 1. The molecule has 29 heavy (non-hydrogen) atoms. The van der Waals surface area contributed by atoms with Gasteiger partial charge < -0.3 is 15.1 Å². The number of nitrogens with one attached hydrogen (secondary N) is 1. The number of hydrogen-bond acceptors (Lipinski definition) is 5. The average molecular weight is 406 g/mol. The number of amidine groups is 1. The molecule has 1 N–H and O–H groups in total. The van der Waals surface area contributed by atoms with Gasteiger partial charge in [-0.1, -0.05) is 26.2 Å². The van der Waals surface area contributed by atoms with E-state index in [0.717, 1.165) is 0 Å². The number of aromatic nitrogens is 2. The molecule has 0 spiro atoms. The van der Waals surface area contributed by atoms with Gasteiger partial charge in [0.1, 0.15) is 0 Å². The molecule has 0 aromatic carbocycles. The average Bonchev–Trinajstić information content (AvgIpc) is 2.74. The van der Waals surface area contributed by atoms with Gasteiger partial charge in [-0.2, -0.15) is 8.78 Å². The van der Waals surface area contributed by atoms with E-state index in [-0.39, 0.29) is 13.8 Å². The van der Waals surface area contributed by atoms with Crippen LogP contribution in [0.2, 0.25) is 0 Å². The zero-order valence-corrected chi connectivity index (χ0v) is 16.7. The fourth-order valence-electron chi connectivity index (χ4n) is 2.73. The molecule has 2 rings (SSSR count). The standard InChI is InChI=1S/C20H26F2N6O.H2/c1-5-8-23-18(28-11-9-27(10-12-28)17(29)6-2)15(4)26-16-13-24-19(25-14-16)20(21,22)7-3;/h5-6,8,13-14,26H,2,4,7,9-12H2,1,3H3;1H/b8-5-,23-18?;. The van der Waals surface area contributed by atoms with E-state index >= 15 is 0 Å². The van der Waals surface area contributed by atoms with Crippen molar-refractivity contribution in [1.29, 1.82) is 0 Å². The van der Waals surface area contributed by atoms with Crippen LogP contribution in [0.4, 0.5) is 14.5 Å².